The minimum absolute atomic E-state index is 0. The summed E-state index contributed by atoms with van der Waals surface area (Å²) in [4.78, 5) is 39.1. The zero-order valence-electron chi connectivity index (χ0n) is 38.7. The van der Waals surface area contributed by atoms with Crippen LogP contribution in [0.3, 0.4) is 0 Å². The lowest BCUT2D eigenvalue weighted by Gasteiger charge is -2.29. The van der Waals surface area contributed by atoms with Crippen LogP contribution in [-0.4, -0.2) is 89.4 Å². The Bertz CT molecular complexity index is 2300. The monoisotopic (exact) mass is 978 g/mol. The summed E-state index contributed by atoms with van der Waals surface area (Å²) in [6.07, 6.45) is 0. The highest BCUT2D eigenvalue weighted by molar-refractivity contribution is 7.59. The molecule has 3 heterocycles. The molecule has 8 rings (SSSR count). The van der Waals surface area contributed by atoms with E-state index in [1.807, 2.05) is 66.7 Å². The Labute approximate surface area is 413 Å². The molecule has 3 atom stereocenters. The maximum atomic E-state index is 11.7. The van der Waals surface area contributed by atoms with Crippen molar-refractivity contribution in [1.82, 2.24) is 10.8 Å². The summed E-state index contributed by atoms with van der Waals surface area (Å²) in [5, 5.41) is 12.1. The van der Waals surface area contributed by atoms with Crippen LogP contribution in [0.25, 0.3) is 0 Å². The number of hydrogen-bond acceptors (Lipinski definition) is 14. The first kappa shape index (κ1) is 55.4. The molecule has 0 aromatic heterocycles. The topological polar surface area (TPSA) is 167 Å². The molecule has 0 saturated carbocycles. The van der Waals surface area contributed by atoms with Gasteiger partial charge >= 0.3 is 11.9 Å². The predicted molar refractivity (Wildman–Crippen MR) is 272 cm³/mol. The van der Waals surface area contributed by atoms with E-state index in [2.05, 4.69) is 40.6 Å². The number of ether oxygens (including phenoxy) is 7. The number of benzene rings is 5. The molecule has 15 nitrogen and oxygen atoms in total. The van der Waals surface area contributed by atoms with E-state index in [-0.39, 0.29) is 64.5 Å². The van der Waals surface area contributed by atoms with Crippen LogP contribution in [-0.2, 0) is 29.1 Å². The standard InChI is InChI=1S/C19H21NO4.C18H20N2O4.C12H15NO3.3H2S/c1-13-12-24-18-10-14(19(21)23-3)8-9-15(18)11-20(13)16-6-4-5-7-17(16)22-2;1-12-11-24-17-9-13(18(21)19-22)7-8-14(17)10-20(12)15-5-3-4-6-16(15)23-2;1-8-7-16-11-5-9(12(14)15-2)3-4-10(11)6-13-8;;;/h4-10,13H,11-12H2,1-3H3;3-9,12,22H,10-11H2,1-2H3,(H,19,21);3-5,8,13H,6-7H2,1-2H3;3*1H2/t13-;12-;8-;;;/m000.../s1. The minimum Gasteiger partial charge on any atom is -0.495 e. The average Bonchev–Trinajstić information content (AvgIpc) is 3.72. The van der Waals surface area contributed by atoms with Crippen molar-refractivity contribution >= 4 is 69.7 Å². The lowest BCUT2D eigenvalue weighted by molar-refractivity contribution is 0.0591. The van der Waals surface area contributed by atoms with E-state index < -0.39 is 5.91 Å². The normalized spacial score (nSPS) is 16.5. The molecule has 0 radical (unpaired) electrons. The van der Waals surface area contributed by atoms with Gasteiger partial charge in [0, 0.05) is 47.9 Å². The molecule has 1 amide bonds. The van der Waals surface area contributed by atoms with Gasteiger partial charge in [0.25, 0.3) is 5.91 Å². The molecule has 0 saturated heterocycles. The molecule has 0 spiro atoms. The van der Waals surface area contributed by atoms with Crippen LogP contribution in [0.1, 0.15) is 68.5 Å². The average molecular weight is 979 g/mol. The molecule has 18 heteroatoms. The number of rotatable bonds is 7. The Kier molecular flexibility index (Phi) is 21.9. The van der Waals surface area contributed by atoms with Crippen molar-refractivity contribution < 1.29 is 52.7 Å². The first-order valence-electron chi connectivity index (χ1n) is 20.9. The number of anilines is 2. The van der Waals surface area contributed by atoms with Crippen LogP contribution in [0.5, 0.6) is 28.7 Å². The summed E-state index contributed by atoms with van der Waals surface area (Å²) in [6.45, 7) is 9.95. The summed E-state index contributed by atoms with van der Waals surface area (Å²) in [5.74, 6) is 2.53. The maximum Gasteiger partial charge on any atom is 0.337 e. The van der Waals surface area contributed by atoms with Crippen molar-refractivity contribution in [3.63, 3.8) is 0 Å². The van der Waals surface area contributed by atoms with E-state index in [9.17, 15) is 14.4 Å². The van der Waals surface area contributed by atoms with Gasteiger partial charge in [0.05, 0.1) is 63.0 Å². The van der Waals surface area contributed by atoms with Gasteiger partial charge in [-0.05, 0) is 81.4 Å². The molecule has 0 bridgehead atoms. The van der Waals surface area contributed by atoms with Crippen LogP contribution in [0.2, 0.25) is 0 Å². The number of carbonyl (C=O) groups is 3. The summed E-state index contributed by atoms with van der Waals surface area (Å²) < 4.78 is 37.9. The first-order valence-corrected chi connectivity index (χ1v) is 20.9. The molecule has 3 N–H and O–H groups in total. The second-order valence-corrected chi connectivity index (χ2v) is 15.4. The molecule has 5 aromatic rings. The van der Waals surface area contributed by atoms with E-state index in [4.69, 9.17) is 33.6 Å². The second kappa shape index (κ2) is 26.4. The molecule has 3 aliphatic heterocycles. The smallest absolute Gasteiger partial charge is 0.337 e. The van der Waals surface area contributed by atoms with Crippen molar-refractivity contribution in [1.29, 1.82) is 0 Å². The van der Waals surface area contributed by atoms with Crippen molar-refractivity contribution in [3.8, 4) is 28.7 Å². The SMILES string of the molecule is COC(=O)c1ccc2c(c1)OC[C@H](C)N(c1ccccc1OC)C2.COC(=O)c1ccc2c(c1)OC[C@H](C)NC2.COc1ccccc1N1Cc2ccc(C(=O)NO)cc2OC[C@@H]1C.S.S.S. The molecule has 0 aliphatic carbocycles. The van der Waals surface area contributed by atoms with E-state index >= 15 is 0 Å². The van der Waals surface area contributed by atoms with Gasteiger partial charge < -0.3 is 48.3 Å². The third kappa shape index (κ3) is 13.8. The van der Waals surface area contributed by atoms with Crippen LogP contribution >= 0.6 is 40.5 Å². The minimum atomic E-state index is -0.555. The van der Waals surface area contributed by atoms with Gasteiger partial charge in [-0.15, -0.1) is 0 Å². The Morgan fingerprint density at radius 2 is 0.985 bits per heavy atom. The van der Waals surface area contributed by atoms with Crippen molar-refractivity contribution in [3.05, 3.63) is 137 Å². The molecular formula is C49H62N4O11S3. The lowest BCUT2D eigenvalue weighted by atomic mass is 10.1. The fraction of sp³-hybridized carbons (Fsp3) is 0.327. The molecular weight excluding hydrogens is 917 g/mol. The number of para-hydroxylation sites is 4. The number of carbonyl (C=O) groups excluding carboxylic acids is 3. The second-order valence-electron chi connectivity index (χ2n) is 15.4. The Hall–Kier alpha value is -5.92. The fourth-order valence-electron chi connectivity index (χ4n) is 7.39. The van der Waals surface area contributed by atoms with E-state index in [1.54, 1.807) is 56.1 Å². The number of esters is 2. The maximum absolute atomic E-state index is 11.7. The number of nitrogens with one attached hydrogen (secondary N) is 2. The third-order valence-electron chi connectivity index (χ3n) is 11.0. The molecule has 5 aromatic carbocycles. The van der Waals surface area contributed by atoms with Crippen LogP contribution in [0.4, 0.5) is 11.4 Å². The molecule has 362 valence electrons. The fourth-order valence-corrected chi connectivity index (χ4v) is 7.39. The van der Waals surface area contributed by atoms with Gasteiger partial charge in [0.1, 0.15) is 48.6 Å². The number of hydroxylamine groups is 1. The zero-order chi connectivity index (χ0) is 45.8. The number of nitrogens with zero attached hydrogens (tertiary/aromatic N) is 2. The van der Waals surface area contributed by atoms with Gasteiger partial charge in [0.15, 0.2) is 0 Å². The third-order valence-corrected chi connectivity index (χ3v) is 11.0. The number of amides is 1. The highest BCUT2D eigenvalue weighted by atomic mass is 32.1. The van der Waals surface area contributed by atoms with Crippen molar-refractivity contribution in [2.75, 3.05) is 58.1 Å². The van der Waals surface area contributed by atoms with Gasteiger partial charge in [0.2, 0.25) is 0 Å². The van der Waals surface area contributed by atoms with Crippen LogP contribution < -0.4 is 44.3 Å². The molecule has 0 fully saturated rings. The number of methoxy groups -OCH3 is 4. The first-order chi connectivity index (χ1) is 31.0. The Morgan fingerprint density at radius 3 is 1.43 bits per heavy atom. The Morgan fingerprint density at radius 1 is 0.582 bits per heavy atom. The summed E-state index contributed by atoms with van der Waals surface area (Å²) in [6, 6.07) is 32.4. The van der Waals surface area contributed by atoms with Crippen molar-refractivity contribution in [2.45, 2.75) is 58.5 Å². The molecule has 3 aliphatic rings. The zero-order valence-corrected chi connectivity index (χ0v) is 41.7. The molecule has 67 heavy (non-hydrogen) atoms. The quantitative estimate of drug-likeness (QED) is 0.0831. The largest absolute Gasteiger partial charge is 0.495 e. The lowest BCUT2D eigenvalue weighted by Crippen LogP contribution is -2.35. The number of hydrogen-bond donors (Lipinski definition) is 3. The number of fused-ring (bicyclic) bond motifs is 3. The summed E-state index contributed by atoms with van der Waals surface area (Å²) >= 11 is 0. The van der Waals surface area contributed by atoms with Crippen molar-refractivity contribution in [2.24, 2.45) is 0 Å². The van der Waals surface area contributed by atoms with Gasteiger partial charge in [-0.3, -0.25) is 10.0 Å². The highest BCUT2D eigenvalue weighted by Crippen LogP contribution is 2.36. The van der Waals surface area contributed by atoms with Gasteiger partial charge in [-0.25, -0.2) is 15.1 Å². The van der Waals surface area contributed by atoms with E-state index in [0.717, 1.165) is 57.6 Å². The van der Waals surface area contributed by atoms with Gasteiger partial charge in [-0.1, -0.05) is 42.5 Å². The van der Waals surface area contributed by atoms with Crippen LogP contribution in [0.15, 0.2) is 103 Å². The summed E-state index contributed by atoms with van der Waals surface area (Å²) in [7, 11) is 6.08. The Balaban J connectivity index is 0.000000266. The predicted octanol–water partition coefficient (Wildman–Crippen LogP) is 7.55. The summed E-state index contributed by atoms with van der Waals surface area (Å²) in [5.41, 5.74) is 8.11. The van der Waals surface area contributed by atoms with Gasteiger partial charge in [-0.2, -0.15) is 40.5 Å². The molecule has 0 unspecified atom stereocenters. The highest BCUT2D eigenvalue weighted by Gasteiger charge is 2.26. The van der Waals surface area contributed by atoms with E-state index in [1.165, 1.54) is 14.2 Å². The van der Waals surface area contributed by atoms with E-state index in [0.29, 0.717) is 61.4 Å². The van der Waals surface area contributed by atoms with Crippen LogP contribution in [0, 0.1) is 0 Å².